The molecule has 0 aliphatic carbocycles. The molecule has 0 atom stereocenters. The van der Waals surface area contributed by atoms with E-state index in [2.05, 4.69) is 39.2 Å². The fourth-order valence-electron chi connectivity index (χ4n) is 3.10. The number of nitrogens with zero attached hydrogens (tertiary/aromatic N) is 3. The molecule has 2 radical (unpaired) electrons. The highest BCUT2D eigenvalue weighted by atomic mass is 16.5. The lowest BCUT2D eigenvalue weighted by Crippen LogP contribution is -2.36. The first-order valence-corrected chi connectivity index (χ1v) is 8.42. The summed E-state index contributed by atoms with van der Waals surface area (Å²) in [5.74, 6) is 0.544. The van der Waals surface area contributed by atoms with Crippen LogP contribution in [0.3, 0.4) is 0 Å². The number of hydrogen-bond donors (Lipinski definition) is 1. The van der Waals surface area contributed by atoms with Crippen molar-refractivity contribution in [1.29, 1.82) is 0 Å². The molecular formula is C19H19BN4O. The summed E-state index contributed by atoms with van der Waals surface area (Å²) in [6.45, 7) is 5.48. The molecule has 1 N–H and O–H groups in total. The first kappa shape index (κ1) is 15.9. The van der Waals surface area contributed by atoms with E-state index in [1.165, 1.54) is 11.3 Å². The van der Waals surface area contributed by atoms with Crippen LogP contribution in [0.15, 0.2) is 42.6 Å². The van der Waals surface area contributed by atoms with Crippen LogP contribution in [0.4, 0.5) is 17.3 Å². The first-order chi connectivity index (χ1) is 12.2. The summed E-state index contributed by atoms with van der Waals surface area (Å²) < 4.78 is 5.45. The van der Waals surface area contributed by atoms with Crippen LogP contribution >= 0.6 is 0 Å². The molecular weight excluding hydrogens is 311 g/mol. The number of para-hydroxylation sites is 1. The van der Waals surface area contributed by atoms with Gasteiger partial charge >= 0.3 is 0 Å². The van der Waals surface area contributed by atoms with Crippen LogP contribution in [0.25, 0.3) is 10.9 Å². The lowest BCUT2D eigenvalue weighted by molar-refractivity contribution is 0.122. The molecule has 0 amide bonds. The van der Waals surface area contributed by atoms with Gasteiger partial charge in [-0.15, -0.1) is 0 Å². The molecule has 25 heavy (non-hydrogen) atoms. The highest BCUT2D eigenvalue weighted by Crippen LogP contribution is 2.26. The number of benzene rings is 2. The molecule has 124 valence electrons. The molecule has 0 bridgehead atoms. The van der Waals surface area contributed by atoms with Gasteiger partial charge in [-0.25, -0.2) is 9.97 Å². The Morgan fingerprint density at radius 1 is 1.16 bits per heavy atom. The average molecular weight is 330 g/mol. The SMILES string of the molecule is [B]c1cccc2cnc(Nc3ccc(C)c(N4CCOCC4)c3)nc12. The van der Waals surface area contributed by atoms with E-state index < -0.39 is 0 Å². The Morgan fingerprint density at radius 2 is 2.00 bits per heavy atom. The summed E-state index contributed by atoms with van der Waals surface area (Å²) in [7, 11) is 6.02. The second kappa shape index (κ2) is 6.72. The summed E-state index contributed by atoms with van der Waals surface area (Å²) in [6.07, 6.45) is 1.79. The van der Waals surface area contributed by atoms with Gasteiger partial charge in [0.05, 0.1) is 18.7 Å². The number of morpholine rings is 1. The van der Waals surface area contributed by atoms with Gasteiger partial charge in [0.1, 0.15) is 7.85 Å². The third kappa shape index (κ3) is 3.30. The van der Waals surface area contributed by atoms with Gasteiger partial charge in [-0.1, -0.05) is 29.7 Å². The number of aryl methyl sites for hydroxylation is 1. The number of anilines is 3. The molecule has 1 saturated heterocycles. The molecule has 2 heterocycles. The summed E-state index contributed by atoms with van der Waals surface area (Å²) in [5.41, 5.74) is 4.84. The Balaban J connectivity index is 1.63. The van der Waals surface area contributed by atoms with Gasteiger partial charge in [0.25, 0.3) is 0 Å². The average Bonchev–Trinajstić information content (AvgIpc) is 2.65. The van der Waals surface area contributed by atoms with Gasteiger partial charge in [0.2, 0.25) is 5.95 Å². The molecule has 3 aromatic rings. The van der Waals surface area contributed by atoms with Crippen molar-refractivity contribution >= 4 is 41.5 Å². The zero-order valence-corrected chi connectivity index (χ0v) is 14.2. The van der Waals surface area contributed by atoms with E-state index in [0.29, 0.717) is 11.4 Å². The van der Waals surface area contributed by atoms with E-state index in [1.807, 2.05) is 24.3 Å². The zero-order chi connectivity index (χ0) is 17.2. The predicted molar refractivity (Wildman–Crippen MR) is 102 cm³/mol. The van der Waals surface area contributed by atoms with Crippen molar-refractivity contribution in [3.8, 4) is 0 Å². The fourth-order valence-corrected chi connectivity index (χ4v) is 3.10. The molecule has 5 nitrogen and oxygen atoms in total. The highest BCUT2D eigenvalue weighted by molar-refractivity contribution is 6.38. The second-order valence-corrected chi connectivity index (χ2v) is 6.20. The number of nitrogens with one attached hydrogen (secondary N) is 1. The monoisotopic (exact) mass is 330 g/mol. The van der Waals surface area contributed by atoms with Gasteiger partial charge in [-0.3, -0.25) is 0 Å². The van der Waals surface area contributed by atoms with Gasteiger partial charge in [0, 0.05) is 36.0 Å². The Labute approximate surface area is 148 Å². The predicted octanol–water partition coefficient (Wildman–Crippen LogP) is 2.31. The van der Waals surface area contributed by atoms with Crippen molar-refractivity contribution in [1.82, 2.24) is 9.97 Å². The van der Waals surface area contributed by atoms with Crippen LogP contribution in [0.5, 0.6) is 0 Å². The topological polar surface area (TPSA) is 50.3 Å². The van der Waals surface area contributed by atoms with Gasteiger partial charge in [0.15, 0.2) is 0 Å². The largest absolute Gasteiger partial charge is 0.378 e. The van der Waals surface area contributed by atoms with E-state index in [4.69, 9.17) is 12.6 Å². The maximum absolute atomic E-state index is 6.02. The Bertz CT molecular complexity index is 909. The summed E-state index contributed by atoms with van der Waals surface area (Å²) in [6, 6.07) is 12.0. The molecule has 2 aromatic carbocycles. The molecule has 0 spiro atoms. The number of aromatic nitrogens is 2. The fraction of sp³-hybridized carbons (Fsp3) is 0.263. The number of rotatable bonds is 3. The summed E-state index contributed by atoms with van der Waals surface area (Å²) in [5, 5.41) is 4.23. The van der Waals surface area contributed by atoms with Crippen molar-refractivity contribution in [3.63, 3.8) is 0 Å². The standard InChI is InChI=1S/C19H19BN4O/c1-13-5-6-15(11-17(13)24-7-9-25-10-8-24)22-19-21-12-14-3-2-4-16(20)18(14)23-19/h2-6,11-12H,7-10H2,1H3,(H,21,22,23). The van der Waals surface area contributed by atoms with E-state index >= 15 is 0 Å². The molecule has 1 fully saturated rings. The van der Waals surface area contributed by atoms with E-state index in [-0.39, 0.29) is 0 Å². The van der Waals surface area contributed by atoms with Crippen LogP contribution < -0.4 is 15.7 Å². The highest BCUT2D eigenvalue weighted by Gasteiger charge is 2.14. The van der Waals surface area contributed by atoms with E-state index in [0.717, 1.165) is 42.9 Å². The smallest absolute Gasteiger partial charge is 0.227 e. The normalized spacial score (nSPS) is 14.7. The maximum atomic E-state index is 6.02. The molecule has 1 aromatic heterocycles. The van der Waals surface area contributed by atoms with Crippen molar-refractivity contribution < 1.29 is 4.74 Å². The summed E-state index contributed by atoms with van der Waals surface area (Å²) >= 11 is 0. The molecule has 1 aliphatic rings. The van der Waals surface area contributed by atoms with Gasteiger partial charge in [-0.05, 0) is 24.6 Å². The Morgan fingerprint density at radius 3 is 2.84 bits per heavy atom. The molecule has 6 heteroatoms. The maximum Gasteiger partial charge on any atom is 0.227 e. The summed E-state index contributed by atoms with van der Waals surface area (Å²) in [4.78, 5) is 11.3. The number of hydrogen-bond acceptors (Lipinski definition) is 5. The third-order valence-corrected chi connectivity index (χ3v) is 4.46. The lowest BCUT2D eigenvalue weighted by atomic mass is 9.94. The van der Waals surface area contributed by atoms with E-state index in [9.17, 15) is 0 Å². The molecule has 0 unspecified atom stereocenters. The van der Waals surface area contributed by atoms with Gasteiger partial charge in [-0.2, -0.15) is 0 Å². The minimum atomic E-state index is 0.544. The quantitative estimate of drug-likeness (QED) is 0.747. The minimum absolute atomic E-state index is 0.544. The third-order valence-electron chi connectivity index (χ3n) is 4.46. The lowest BCUT2D eigenvalue weighted by Gasteiger charge is -2.30. The number of fused-ring (bicyclic) bond motifs is 1. The minimum Gasteiger partial charge on any atom is -0.378 e. The van der Waals surface area contributed by atoms with Gasteiger partial charge < -0.3 is 15.0 Å². The second-order valence-electron chi connectivity index (χ2n) is 6.20. The van der Waals surface area contributed by atoms with Crippen LogP contribution in [0.2, 0.25) is 0 Å². The van der Waals surface area contributed by atoms with Crippen molar-refractivity contribution in [2.45, 2.75) is 6.92 Å². The van der Waals surface area contributed by atoms with Crippen molar-refractivity contribution in [2.75, 3.05) is 36.5 Å². The van der Waals surface area contributed by atoms with Crippen LogP contribution in [-0.4, -0.2) is 44.1 Å². The van der Waals surface area contributed by atoms with Crippen LogP contribution in [0, 0.1) is 6.92 Å². The Hall–Kier alpha value is -2.60. The van der Waals surface area contributed by atoms with Crippen molar-refractivity contribution in [2.24, 2.45) is 0 Å². The molecule has 0 saturated carbocycles. The first-order valence-electron chi connectivity index (χ1n) is 8.42. The Kier molecular flexibility index (Phi) is 4.28. The zero-order valence-electron chi connectivity index (χ0n) is 14.2. The van der Waals surface area contributed by atoms with Crippen molar-refractivity contribution in [3.05, 3.63) is 48.2 Å². The number of ether oxygens (including phenoxy) is 1. The molecule has 1 aliphatic heterocycles. The van der Waals surface area contributed by atoms with E-state index in [1.54, 1.807) is 6.20 Å². The van der Waals surface area contributed by atoms with Crippen LogP contribution in [-0.2, 0) is 4.74 Å². The van der Waals surface area contributed by atoms with Crippen LogP contribution in [0.1, 0.15) is 5.56 Å². The molecule has 4 rings (SSSR count).